The topological polar surface area (TPSA) is 38.9 Å². The first-order chi connectivity index (χ1) is 21.7. The molecule has 3 heterocycles. The Morgan fingerprint density at radius 1 is 0.787 bits per heavy atom. The summed E-state index contributed by atoms with van der Waals surface area (Å²) in [6, 6.07) is 31.9. The molecule has 245 valence electrons. The molecule has 1 aliphatic carbocycles. The molecule has 0 fully saturated rings. The Balaban J connectivity index is 0.000000181. The third kappa shape index (κ3) is 7.01. The van der Waals surface area contributed by atoms with E-state index in [1.807, 2.05) is 24.3 Å². The number of hydrogen-bond acceptors (Lipinski definition) is 3. The Bertz CT molecular complexity index is 1990. The van der Waals surface area contributed by atoms with Crippen LogP contribution in [0.15, 0.2) is 89.6 Å². The maximum absolute atomic E-state index is 6.16. The van der Waals surface area contributed by atoms with Gasteiger partial charge in [-0.25, -0.2) is 0 Å². The molecule has 0 saturated carbocycles. The Morgan fingerprint density at radius 2 is 1.53 bits per heavy atom. The first-order valence-corrected chi connectivity index (χ1v) is 16.6. The molecule has 47 heavy (non-hydrogen) atoms. The van der Waals surface area contributed by atoms with Crippen molar-refractivity contribution in [2.45, 2.75) is 97.3 Å². The molecule has 3 nitrogen and oxygen atoms in total. The zero-order valence-electron chi connectivity index (χ0n) is 29.2. The van der Waals surface area contributed by atoms with E-state index in [0.29, 0.717) is 5.92 Å². The second kappa shape index (κ2) is 13.1. The summed E-state index contributed by atoms with van der Waals surface area (Å²) in [5.74, 6) is 0.486. The molecule has 7 rings (SSSR count). The summed E-state index contributed by atoms with van der Waals surface area (Å²) in [5.41, 5.74) is 11.8. The first kappa shape index (κ1) is 34.7. The number of nitrogens with zero attached hydrogens (tertiary/aromatic N) is 2. The van der Waals surface area contributed by atoms with Gasteiger partial charge in [-0.15, -0.1) is 53.6 Å². The van der Waals surface area contributed by atoms with Crippen molar-refractivity contribution < 1.29 is 24.5 Å². The van der Waals surface area contributed by atoms with Gasteiger partial charge in [0.2, 0.25) is 0 Å². The quantitative estimate of drug-likeness (QED) is 0.167. The number of hydrogen-bond donors (Lipinski definition) is 0. The van der Waals surface area contributed by atoms with Gasteiger partial charge in [0, 0.05) is 37.9 Å². The zero-order chi connectivity index (χ0) is 32.9. The number of fused-ring (bicyclic) bond motifs is 4. The van der Waals surface area contributed by atoms with E-state index in [9.17, 15) is 0 Å². The van der Waals surface area contributed by atoms with Crippen LogP contribution in [-0.2, 0) is 36.4 Å². The molecule has 1 radical (unpaired) electrons. The number of aromatic nitrogens is 2. The van der Waals surface area contributed by atoms with Gasteiger partial charge in [-0.3, -0.25) is 0 Å². The van der Waals surface area contributed by atoms with Crippen molar-refractivity contribution >= 4 is 21.9 Å². The fourth-order valence-corrected chi connectivity index (χ4v) is 6.47. The molecule has 0 amide bonds. The van der Waals surface area contributed by atoms with Crippen molar-refractivity contribution in [3.8, 4) is 22.5 Å². The normalized spacial score (nSPS) is 15.1. The summed E-state index contributed by atoms with van der Waals surface area (Å²) >= 11 is 0. The Morgan fingerprint density at radius 3 is 2.17 bits per heavy atom. The van der Waals surface area contributed by atoms with Crippen LogP contribution in [0, 0.1) is 12.1 Å². The van der Waals surface area contributed by atoms with Crippen molar-refractivity contribution in [2.24, 2.45) is 0 Å². The molecule has 3 aromatic heterocycles. The van der Waals surface area contributed by atoms with Crippen LogP contribution in [0.2, 0.25) is 0 Å². The van der Waals surface area contributed by atoms with Gasteiger partial charge in [0.25, 0.3) is 0 Å². The van der Waals surface area contributed by atoms with Crippen LogP contribution < -0.4 is 0 Å². The number of pyridine rings is 2. The van der Waals surface area contributed by atoms with Crippen molar-refractivity contribution in [2.75, 3.05) is 0 Å². The summed E-state index contributed by atoms with van der Waals surface area (Å²) in [6.07, 6.45) is 6.35. The minimum Gasteiger partial charge on any atom is -0.501 e. The standard InChI is InChI=1S/C23H30N.C20H16NO.Ir/c1-21(2,3)17-10-8-16(9-11-17)20-14-18-19(15-24-20)23(6,7)13-12-22(18,4)5;1-13(2)14-9-10-15-16-6-5-7-17(18-8-3-4-11-21-18)20(16)22-19(15)12-14;/h8,10-11,14-15H,12-13H2,1-7H3;3-6,8-13H,1-2H3;/q2*-1;. The van der Waals surface area contributed by atoms with E-state index in [-0.39, 0.29) is 36.4 Å². The average molecular weight is 799 g/mol. The van der Waals surface area contributed by atoms with E-state index >= 15 is 0 Å². The van der Waals surface area contributed by atoms with E-state index < -0.39 is 0 Å². The van der Waals surface area contributed by atoms with E-state index in [1.165, 1.54) is 35.1 Å². The first-order valence-electron chi connectivity index (χ1n) is 16.6. The summed E-state index contributed by atoms with van der Waals surface area (Å²) in [6.45, 7) is 20.5. The van der Waals surface area contributed by atoms with E-state index in [4.69, 9.17) is 9.40 Å². The van der Waals surface area contributed by atoms with Crippen LogP contribution in [0.1, 0.15) is 103 Å². The minimum atomic E-state index is 0. The molecule has 0 aliphatic heterocycles. The predicted octanol–water partition coefficient (Wildman–Crippen LogP) is 11.8. The molecule has 3 aromatic carbocycles. The Hall–Kier alpha value is -3.59. The smallest absolute Gasteiger partial charge is 0.121 e. The SMILES string of the molecule is CC(C)(C)c1c[c-]c(-c2cc3c(cn2)C(C)(C)CCC3(C)C)cc1.CC(C)c1ccc2c(c1)oc1c(-c3ccccn3)[c-]ccc12.[Ir]. The Labute approximate surface area is 294 Å². The van der Waals surface area contributed by atoms with E-state index in [0.717, 1.165) is 44.5 Å². The van der Waals surface area contributed by atoms with Crippen molar-refractivity contribution in [3.63, 3.8) is 0 Å². The van der Waals surface area contributed by atoms with Gasteiger partial charge < -0.3 is 14.4 Å². The monoisotopic (exact) mass is 799 g/mol. The number of rotatable bonds is 3. The van der Waals surface area contributed by atoms with E-state index in [1.54, 1.807) is 6.20 Å². The van der Waals surface area contributed by atoms with Crippen molar-refractivity contribution in [1.29, 1.82) is 0 Å². The maximum Gasteiger partial charge on any atom is 0.121 e. The summed E-state index contributed by atoms with van der Waals surface area (Å²) in [5, 5.41) is 2.26. The summed E-state index contributed by atoms with van der Waals surface area (Å²) in [4.78, 5) is 9.21. The maximum atomic E-state index is 6.16. The molecule has 0 atom stereocenters. The summed E-state index contributed by atoms with van der Waals surface area (Å²) < 4.78 is 6.16. The molecular formula is C43H46IrN2O-2. The third-order valence-corrected chi connectivity index (χ3v) is 9.74. The zero-order valence-corrected chi connectivity index (χ0v) is 31.6. The van der Waals surface area contributed by atoms with Crippen molar-refractivity contribution in [3.05, 3.63) is 120 Å². The van der Waals surface area contributed by atoms with Crippen LogP contribution in [0.3, 0.4) is 0 Å². The molecular weight excluding hydrogens is 753 g/mol. The molecule has 0 N–H and O–H groups in total. The average Bonchev–Trinajstić information content (AvgIpc) is 3.42. The Kier molecular flexibility index (Phi) is 9.71. The molecule has 4 heteroatoms. The van der Waals surface area contributed by atoms with E-state index in [2.05, 4.69) is 134 Å². The molecule has 6 aromatic rings. The van der Waals surface area contributed by atoms with Gasteiger partial charge in [-0.05, 0) is 75.2 Å². The van der Waals surface area contributed by atoms with Crippen LogP contribution in [0.5, 0.6) is 0 Å². The fraction of sp³-hybridized carbons (Fsp3) is 0.349. The third-order valence-electron chi connectivity index (χ3n) is 9.74. The molecule has 0 bridgehead atoms. The number of benzene rings is 3. The summed E-state index contributed by atoms with van der Waals surface area (Å²) in [7, 11) is 0. The minimum absolute atomic E-state index is 0. The molecule has 1 aliphatic rings. The molecule has 0 saturated heterocycles. The van der Waals surface area contributed by atoms with Crippen LogP contribution in [-0.4, -0.2) is 9.97 Å². The van der Waals surface area contributed by atoms with Crippen molar-refractivity contribution in [1.82, 2.24) is 9.97 Å². The fourth-order valence-electron chi connectivity index (χ4n) is 6.47. The van der Waals surface area contributed by atoms with Crippen LogP contribution in [0.25, 0.3) is 44.5 Å². The van der Waals surface area contributed by atoms with Gasteiger partial charge in [-0.1, -0.05) is 104 Å². The van der Waals surface area contributed by atoms with Gasteiger partial charge in [0.1, 0.15) is 5.58 Å². The van der Waals surface area contributed by atoms with Crippen LogP contribution in [0.4, 0.5) is 0 Å². The molecule has 0 unspecified atom stereocenters. The predicted molar refractivity (Wildman–Crippen MR) is 192 cm³/mol. The van der Waals surface area contributed by atoms with Gasteiger partial charge in [0.15, 0.2) is 0 Å². The number of furan rings is 1. The molecule has 0 spiro atoms. The van der Waals surface area contributed by atoms with Gasteiger partial charge >= 0.3 is 0 Å². The largest absolute Gasteiger partial charge is 0.501 e. The van der Waals surface area contributed by atoms with Gasteiger partial charge in [-0.2, -0.15) is 0 Å². The van der Waals surface area contributed by atoms with Gasteiger partial charge in [0.05, 0.1) is 5.58 Å². The second-order valence-corrected chi connectivity index (χ2v) is 15.4. The second-order valence-electron chi connectivity index (χ2n) is 15.4. The van der Waals surface area contributed by atoms with Crippen LogP contribution >= 0.6 is 0 Å².